The summed E-state index contributed by atoms with van der Waals surface area (Å²) in [6.07, 6.45) is 0.745. The number of amides is 1. The Balaban J connectivity index is 2.80. The minimum Gasteiger partial charge on any atom is -0.481 e. The molecule has 1 aromatic heterocycles. The minimum atomic E-state index is -0.979. The molecule has 0 radical (unpaired) electrons. The lowest BCUT2D eigenvalue weighted by Gasteiger charge is -2.19. The first-order valence-electron chi connectivity index (χ1n) is 6.61. The number of nitrogens with zero attached hydrogens (tertiary/aromatic N) is 1. The van der Waals surface area contributed by atoms with Gasteiger partial charge in [0.1, 0.15) is 4.88 Å². The standard InChI is InChI=1S/C14H22N2O3S/c1-8(2)6-10-11(20-9(3)16-10)12(17)15-7-14(4,5)13(18)19/h8H,6-7H2,1-5H3,(H,15,17)(H,18,19). The van der Waals surface area contributed by atoms with Crippen LogP contribution in [-0.4, -0.2) is 28.5 Å². The summed E-state index contributed by atoms with van der Waals surface area (Å²) in [4.78, 5) is 28.2. The number of carbonyl (C=O) groups excluding carboxylic acids is 1. The lowest BCUT2D eigenvalue weighted by atomic mass is 9.94. The van der Waals surface area contributed by atoms with Gasteiger partial charge in [-0.25, -0.2) is 4.98 Å². The summed E-state index contributed by atoms with van der Waals surface area (Å²) in [6, 6.07) is 0. The van der Waals surface area contributed by atoms with Crippen LogP contribution in [0.15, 0.2) is 0 Å². The first kappa shape index (κ1) is 16.6. The van der Waals surface area contributed by atoms with Crippen molar-refractivity contribution in [3.8, 4) is 0 Å². The molecule has 2 N–H and O–H groups in total. The van der Waals surface area contributed by atoms with Crippen molar-refractivity contribution in [1.82, 2.24) is 10.3 Å². The molecule has 0 saturated carbocycles. The molecule has 1 rings (SSSR count). The second kappa shape index (κ2) is 6.35. The third-order valence-electron chi connectivity index (χ3n) is 2.88. The number of rotatable bonds is 6. The molecule has 0 spiro atoms. The average molecular weight is 298 g/mol. The molecule has 0 saturated heterocycles. The molecule has 6 heteroatoms. The number of carbonyl (C=O) groups is 2. The van der Waals surface area contributed by atoms with Crippen LogP contribution in [0.25, 0.3) is 0 Å². The average Bonchev–Trinajstić information content (AvgIpc) is 2.66. The molecule has 1 aromatic rings. The maximum absolute atomic E-state index is 12.2. The summed E-state index contributed by atoms with van der Waals surface area (Å²) in [6.45, 7) is 9.28. The SMILES string of the molecule is Cc1nc(CC(C)C)c(C(=O)NCC(C)(C)C(=O)O)s1. The Bertz CT molecular complexity index is 507. The third kappa shape index (κ3) is 4.30. The van der Waals surface area contributed by atoms with Crippen molar-refractivity contribution in [1.29, 1.82) is 0 Å². The van der Waals surface area contributed by atoms with Crippen molar-refractivity contribution in [3.63, 3.8) is 0 Å². The number of hydrogen-bond donors (Lipinski definition) is 2. The van der Waals surface area contributed by atoms with Crippen molar-refractivity contribution >= 4 is 23.2 Å². The van der Waals surface area contributed by atoms with Gasteiger partial charge in [-0.15, -0.1) is 11.3 Å². The molecule has 0 aromatic carbocycles. The van der Waals surface area contributed by atoms with Crippen molar-refractivity contribution in [2.75, 3.05) is 6.54 Å². The molecule has 0 aliphatic rings. The lowest BCUT2D eigenvalue weighted by Crippen LogP contribution is -2.38. The topological polar surface area (TPSA) is 79.3 Å². The highest BCUT2D eigenvalue weighted by Gasteiger charge is 2.28. The van der Waals surface area contributed by atoms with E-state index in [9.17, 15) is 9.59 Å². The van der Waals surface area contributed by atoms with Crippen LogP contribution >= 0.6 is 11.3 Å². The molecular formula is C14H22N2O3S. The quantitative estimate of drug-likeness (QED) is 0.845. The van der Waals surface area contributed by atoms with E-state index < -0.39 is 11.4 Å². The molecule has 1 heterocycles. The predicted molar refractivity (Wildman–Crippen MR) is 79.1 cm³/mol. The van der Waals surface area contributed by atoms with Crippen molar-refractivity contribution < 1.29 is 14.7 Å². The Hall–Kier alpha value is -1.43. The summed E-state index contributed by atoms with van der Waals surface area (Å²) in [5, 5.41) is 12.6. The number of aromatic nitrogens is 1. The van der Waals surface area contributed by atoms with Gasteiger partial charge in [0, 0.05) is 6.54 Å². The molecule has 0 atom stereocenters. The second-order valence-corrected chi connectivity index (χ2v) is 7.18. The summed E-state index contributed by atoms with van der Waals surface area (Å²) in [7, 11) is 0. The zero-order chi connectivity index (χ0) is 15.5. The van der Waals surface area contributed by atoms with Crippen LogP contribution in [-0.2, 0) is 11.2 Å². The van der Waals surface area contributed by atoms with Gasteiger partial charge in [-0.2, -0.15) is 0 Å². The van der Waals surface area contributed by atoms with Crippen LogP contribution in [0.3, 0.4) is 0 Å². The van der Waals surface area contributed by atoms with Crippen molar-refractivity contribution in [2.45, 2.75) is 41.0 Å². The van der Waals surface area contributed by atoms with E-state index in [1.54, 1.807) is 13.8 Å². The van der Waals surface area contributed by atoms with E-state index in [1.165, 1.54) is 11.3 Å². The smallest absolute Gasteiger partial charge is 0.310 e. The molecule has 1 amide bonds. The number of aliphatic carboxylic acids is 1. The predicted octanol–water partition coefficient (Wildman–Crippen LogP) is 2.49. The summed E-state index contributed by atoms with van der Waals surface area (Å²) in [5.74, 6) is -0.750. The molecule has 0 fully saturated rings. The molecule has 0 aliphatic carbocycles. The van der Waals surface area contributed by atoms with E-state index in [-0.39, 0.29) is 12.5 Å². The minimum absolute atomic E-state index is 0.0965. The van der Waals surface area contributed by atoms with E-state index >= 15 is 0 Å². The Labute approximate surface area is 123 Å². The highest BCUT2D eigenvalue weighted by atomic mass is 32.1. The number of hydrogen-bond acceptors (Lipinski definition) is 4. The number of nitrogens with one attached hydrogen (secondary N) is 1. The van der Waals surface area contributed by atoms with Crippen molar-refractivity contribution in [2.24, 2.45) is 11.3 Å². The lowest BCUT2D eigenvalue weighted by molar-refractivity contribution is -0.146. The summed E-state index contributed by atoms with van der Waals surface area (Å²) < 4.78 is 0. The van der Waals surface area contributed by atoms with E-state index in [4.69, 9.17) is 5.11 Å². The van der Waals surface area contributed by atoms with Gasteiger partial charge in [-0.05, 0) is 33.1 Å². The normalized spacial score (nSPS) is 11.7. The number of thiazole rings is 1. The third-order valence-corrected chi connectivity index (χ3v) is 3.89. The van der Waals surface area contributed by atoms with E-state index in [0.717, 1.165) is 17.1 Å². The van der Waals surface area contributed by atoms with Crippen LogP contribution in [0.1, 0.15) is 48.1 Å². The highest BCUT2D eigenvalue weighted by molar-refractivity contribution is 7.13. The fourth-order valence-electron chi connectivity index (χ4n) is 1.63. The molecular weight excluding hydrogens is 276 g/mol. The first-order valence-corrected chi connectivity index (χ1v) is 7.43. The summed E-state index contributed by atoms with van der Waals surface area (Å²) in [5.41, 5.74) is -0.179. The first-order chi connectivity index (χ1) is 9.13. The van der Waals surface area contributed by atoms with Gasteiger partial charge in [0.25, 0.3) is 5.91 Å². The Morgan fingerprint density at radius 1 is 1.40 bits per heavy atom. The molecule has 0 aliphatic heterocycles. The van der Waals surface area contributed by atoms with Gasteiger partial charge < -0.3 is 10.4 Å². The molecule has 5 nitrogen and oxygen atoms in total. The zero-order valence-electron chi connectivity index (χ0n) is 12.6. The maximum atomic E-state index is 12.2. The zero-order valence-corrected chi connectivity index (χ0v) is 13.4. The number of aryl methyl sites for hydroxylation is 1. The van der Waals surface area contributed by atoms with E-state index in [0.29, 0.717) is 10.8 Å². The largest absolute Gasteiger partial charge is 0.481 e. The molecule has 112 valence electrons. The number of carboxylic acids is 1. The van der Waals surface area contributed by atoms with Crippen molar-refractivity contribution in [3.05, 3.63) is 15.6 Å². The van der Waals surface area contributed by atoms with Gasteiger partial charge in [-0.3, -0.25) is 9.59 Å². The van der Waals surface area contributed by atoms with Gasteiger partial charge in [0.2, 0.25) is 0 Å². The molecule has 20 heavy (non-hydrogen) atoms. The fraction of sp³-hybridized carbons (Fsp3) is 0.643. The Kier molecular flexibility index (Phi) is 5.28. The van der Waals surface area contributed by atoms with Gasteiger partial charge in [0.05, 0.1) is 16.1 Å². The molecule has 0 unspecified atom stereocenters. The second-order valence-electron chi connectivity index (χ2n) is 5.98. The van der Waals surface area contributed by atoms with E-state index in [2.05, 4.69) is 24.1 Å². The monoisotopic (exact) mass is 298 g/mol. The number of carboxylic acid groups (broad SMARTS) is 1. The Morgan fingerprint density at radius 3 is 2.50 bits per heavy atom. The highest BCUT2D eigenvalue weighted by Crippen LogP contribution is 2.21. The van der Waals surface area contributed by atoms with Crippen LogP contribution in [0.4, 0.5) is 0 Å². The van der Waals surface area contributed by atoms with Gasteiger partial charge in [-0.1, -0.05) is 13.8 Å². The maximum Gasteiger partial charge on any atom is 0.310 e. The van der Waals surface area contributed by atoms with Crippen LogP contribution in [0.5, 0.6) is 0 Å². The van der Waals surface area contributed by atoms with Gasteiger partial charge in [0.15, 0.2) is 0 Å². The molecule has 0 bridgehead atoms. The van der Waals surface area contributed by atoms with E-state index in [1.807, 2.05) is 6.92 Å². The summed E-state index contributed by atoms with van der Waals surface area (Å²) >= 11 is 1.35. The fourth-order valence-corrected chi connectivity index (χ4v) is 2.49. The van der Waals surface area contributed by atoms with Gasteiger partial charge >= 0.3 is 5.97 Å². The van der Waals surface area contributed by atoms with Crippen LogP contribution < -0.4 is 5.32 Å². The van der Waals surface area contributed by atoms with Crippen LogP contribution in [0, 0.1) is 18.3 Å². The van der Waals surface area contributed by atoms with Crippen LogP contribution in [0.2, 0.25) is 0 Å². The Morgan fingerprint density at radius 2 is 2.00 bits per heavy atom.